The van der Waals surface area contributed by atoms with Gasteiger partial charge in [0.15, 0.2) is 0 Å². The molecule has 0 bridgehead atoms. The fourth-order valence-corrected chi connectivity index (χ4v) is 1.45. The van der Waals surface area contributed by atoms with Crippen LogP contribution in [0.3, 0.4) is 0 Å². The van der Waals surface area contributed by atoms with Gasteiger partial charge in [0.1, 0.15) is 0 Å². The number of para-hydroxylation sites is 1. The molecule has 0 atom stereocenters. The molecule has 14 heavy (non-hydrogen) atoms. The smallest absolute Gasteiger partial charge is 0.0682 e. The van der Waals surface area contributed by atoms with Crippen molar-refractivity contribution in [3.63, 3.8) is 0 Å². The molecule has 0 aliphatic heterocycles. The molecule has 70 valence electrons. The van der Waals surface area contributed by atoms with E-state index in [2.05, 4.69) is 20.2 Å². The average molecular weight is 187 g/mol. The second-order valence-electron chi connectivity index (χ2n) is 2.96. The Morgan fingerprint density at radius 2 is 2.43 bits per heavy atom. The van der Waals surface area contributed by atoms with Crippen molar-refractivity contribution in [1.29, 1.82) is 0 Å². The van der Waals surface area contributed by atoms with Crippen molar-refractivity contribution < 1.29 is 0 Å². The number of fused-ring (bicyclic) bond motifs is 1. The van der Waals surface area contributed by atoms with Crippen molar-refractivity contribution in [1.82, 2.24) is 10.2 Å². The molecular formula is C9H9N5. The zero-order valence-electron chi connectivity index (χ0n) is 7.51. The van der Waals surface area contributed by atoms with Crippen molar-refractivity contribution in [2.75, 3.05) is 6.54 Å². The maximum absolute atomic E-state index is 8.16. The highest BCUT2D eigenvalue weighted by atomic mass is 15.1. The van der Waals surface area contributed by atoms with Gasteiger partial charge in [-0.3, -0.25) is 5.10 Å². The molecular weight excluding hydrogens is 178 g/mol. The standard InChI is InChI=1S/C9H9N5/c10-14-11-5-4-7-2-1-3-8-6-12-13-9(7)8/h1-3,6H,4-5H2,(H,12,13). The number of aromatic nitrogens is 2. The first-order valence-corrected chi connectivity index (χ1v) is 4.33. The second kappa shape index (κ2) is 3.81. The highest BCUT2D eigenvalue weighted by Crippen LogP contribution is 2.15. The molecule has 0 saturated heterocycles. The molecule has 2 rings (SSSR count). The summed E-state index contributed by atoms with van der Waals surface area (Å²) in [5, 5.41) is 11.5. The SMILES string of the molecule is [N-]=[N+]=NCCc1cccc2cn[nH]c12. The van der Waals surface area contributed by atoms with Crippen LogP contribution in [0.1, 0.15) is 5.56 Å². The fourth-order valence-electron chi connectivity index (χ4n) is 1.45. The molecule has 1 aromatic heterocycles. The first-order chi connectivity index (χ1) is 6.92. The Bertz CT molecular complexity index is 481. The number of hydrogen-bond donors (Lipinski definition) is 1. The van der Waals surface area contributed by atoms with Crippen molar-refractivity contribution in [2.45, 2.75) is 6.42 Å². The van der Waals surface area contributed by atoms with Crippen LogP contribution >= 0.6 is 0 Å². The molecule has 0 radical (unpaired) electrons. The van der Waals surface area contributed by atoms with E-state index in [0.717, 1.165) is 22.9 Å². The summed E-state index contributed by atoms with van der Waals surface area (Å²) in [7, 11) is 0. The van der Waals surface area contributed by atoms with Gasteiger partial charge < -0.3 is 0 Å². The van der Waals surface area contributed by atoms with Crippen molar-refractivity contribution in [3.8, 4) is 0 Å². The minimum absolute atomic E-state index is 0.481. The highest BCUT2D eigenvalue weighted by Gasteiger charge is 2.00. The maximum atomic E-state index is 8.16. The lowest BCUT2D eigenvalue weighted by atomic mass is 10.1. The Kier molecular flexibility index (Phi) is 2.34. The molecule has 1 heterocycles. The van der Waals surface area contributed by atoms with Crippen LogP contribution in [0.2, 0.25) is 0 Å². The van der Waals surface area contributed by atoms with Gasteiger partial charge in [0.2, 0.25) is 0 Å². The van der Waals surface area contributed by atoms with E-state index in [-0.39, 0.29) is 0 Å². The summed E-state index contributed by atoms with van der Waals surface area (Å²) in [6, 6.07) is 5.98. The zero-order chi connectivity index (χ0) is 9.80. The Labute approximate surface area is 80.4 Å². The molecule has 2 aromatic rings. The summed E-state index contributed by atoms with van der Waals surface area (Å²) in [5.74, 6) is 0. The van der Waals surface area contributed by atoms with Gasteiger partial charge in [-0.1, -0.05) is 23.3 Å². The molecule has 1 N–H and O–H groups in total. The normalized spacial score (nSPS) is 10.0. The molecule has 1 aromatic carbocycles. The lowest BCUT2D eigenvalue weighted by Gasteiger charge is -1.98. The van der Waals surface area contributed by atoms with Gasteiger partial charge in [0.05, 0.1) is 11.7 Å². The Hall–Kier alpha value is -2.00. The van der Waals surface area contributed by atoms with Gasteiger partial charge in [-0.2, -0.15) is 5.10 Å². The van der Waals surface area contributed by atoms with Crippen LogP contribution in [0, 0.1) is 0 Å². The third-order valence-corrected chi connectivity index (χ3v) is 2.11. The van der Waals surface area contributed by atoms with Crippen LogP contribution in [0.5, 0.6) is 0 Å². The highest BCUT2D eigenvalue weighted by molar-refractivity contribution is 5.81. The molecule has 0 spiro atoms. The minimum Gasteiger partial charge on any atom is -0.278 e. The monoisotopic (exact) mass is 187 g/mol. The lowest BCUT2D eigenvalue weighted by molar-refractivity contribution is 0.957. The topological polar surface area (TPSA) is 77.4 Å². The summed E-state index contributed by atoms with van der Waals surface area (Å²) < 4.78 is 0. The number of H-pyrrole nitrogens is 1. The number of nitrogens with zero attached hydrogens (tertiary/aromatic N) is 4. The number of nitrogens with one attached hydrogen (secondary N) is 1. The van der Waals surface area contributed by atoms with Crippen LogP contribution in [-0.4, -0.2) is 16.7 Å². The molecule has 5 heteroatoms. The molecule has 0 amide bonds. The van der Waals surface area contributed by atoms with E-state index < -0.39 is 0 Å². The predicted molar refractivity (Wildman–Crippen MR) is 53.8 cm³/mol. The summed E-state index contributed by atoms with van der Waals surface area (Å²) in [5.41, 5.74) is 10.3. The van der Waals surface area contributed by atoms with E-state index in [0.29, 0.717) is 6.54 Å². The quantitative estimate of drug-likeness (QED) is 0.447. The van der Waals surface area contributed by atoms with Gasteiger partial charge in [0, 0.05) is 16.8 Å². The molecule has 0 fully saturated rings. The molecule has 0 saturated carbocycles. The third kappa shape index (κ3) is 1.53. The Morgan fingerprint density at radius 1 is 1.50 bits per heavy atom. The lowest BCUT2D eigenvalue weighted by Crippen LogP contribution is -1.89. The van der Waals surface area contributed by atoms with Crippen LogP contribution < -0.4 is 0 Å². The first kappa shape index (κ1) is 8.59. The molecule has 5 nitrogen and oxygen atoms in total. The average Bonchev–Trinajstić information content (AvgIpc) is 2.67. The van der Waals surface area contributed by atoms with Gasteiger partial charge in [-0.15, -0.1) is 0 Å². The second-order valence-corrected chi connectivity index (χ2v) is 2.96. The van der Waals surface area contributed by atoms with E-state index in [1.165, 1.54) is 0 Å². The Morgan fingerprint density at radius 3 is 3.29 bits per heavy atom. The van der Waals surface area contributed by atoms with Crippen LogP contribution in [0.25, 0.3) is 21.3 Å². The Balaban J connectivity index is 2.31. The zero-order valence-corrected chi connectivity index (χ0v) is 7.51. The minimum atomic E-state index is 0.481. The third-order valence-electron chi connectivity index (χ3n) is 2.11. The van der Waals surface area contributed by atoms with Gasteiger partial charge >= 0.3 is 0 Å². The number of hydrogen-bond acceptors (Lipinski definition) is 2. The molecule has 0 aliphatic rings. The number of rotatable bonds is 3. The van der Waals surface area contributed by atoms with Crippen molar-refractivity contribution >= 4 is 10.9 Å². The summed E-state index contributed by atoms with van der Waals surface area (Å²) >= 11 is 0. The molecule has 0 aliphatic carbocycles. The van der Waals surface area contributed by atoms with Crippen molar-refractivity contribution in [2.24, 2.45) is 5.11 Å². The van der Waals surface area contributed by atoms with Crippen LogP contribution in [-0.2, 0) is 6.42 Å². The van der Waals surface area contributed by atoms with Gasteiger partial charge in [-0.05, 0) is 17.5 Å². The van der Waals surface area contributed by atoms with E-state index in [1.807, 2.05) is 18.2 Å². The van der Waals surface area contributed by atoms with Gasteiger partial charge in [0.25, 0.3) is 0 Å². The van der Waals surface area contributed by atoms with Crippen LogP contribution in [0.4, 0.5) is 0 Å². The van der Waals surface area contributed by atoms with E-state index in [4.69, 9.17) is 5.53 Å². The summed E-state index contributed by atoms with van der Waals surface area (Å²) in [4.78, 5) is 2.72. The first-order valence-electron chi connectivity index (χ1n) is 4.33. The van der Waals surface area contributed by atoms with Crippen LogP contribution in [0.15, 0.2) is 29.5 Å². The predicted octanol–water partition coefficient (Wildman–Crippen LogP) is 2.42. The summed E-state index contributed by atoms with van der Waals surface area (Å²) in [6.07, 6.45) is 2.52. The maximum Gasteiger partial charge on any atom is 0.0682 e. The van der Waals surface area contributed by atoms with E-state index in [1.54, 1.807) is 6.20 Å². The van der Waals surface area contributed by atoms with Crippen molar-refractivity contribution in [3.05, 3.63) is 40.4 Å². The fraction of sp³-hybridized carbons (Fsp3) is 0.222. The largest absolute Gasteiger partial charge is 0.278 e. The van der Waals surface area contributed by atoms with Gasteiger partial charge in [-0.25, -0.2) is 0 Å². The number of benzene rings is 1. The number of azide groups is 1. The summed E-state index contributed by atoms with van der Waals surface area (Å²) in [6.45, 7) is 0.481. The molecule has 0 unspecified atom stereocenters. The number of aromatic amines is 1. The van der Waals surface area contributed by atoms with E-state index in [9.17, 15) is 0 Å². The van der Waals surface area contributed by atoms with E-state index >= 15 is 0 Å².